The van der Waals surface area contributed by atoms with Crippen molar-refractivity contribution in [3.8, 4) is 11.5 Å². The number of ether oxygens (including phenoxy) is 1. The fourth-order valence-electron chi connectivity index (χ4n) is 1.81. The molecule has 21 heavy (non-hydrogen) atoms. The van der Waals surface area contributed by atoms with E-state index in [4.69, 9.17) is 16.3 Å². The summed E-state index contributed by atoms with van der Waals surface area (Å²) in [7, 11) is 0. The minimum Gasteiger partial charge on any atom is -0.456 e. The zero-order chi connectivity index (χ0) is 15.2. The first-order chi connectivity index (χ1) is 10.1. The monoisotopic (exact) mass is 371 g/mol. The number of nitrogens with one attached hydrogen (secondary N) is 1. The molecule has 0 aliphatic carbocycles. The standard InChI is InChI=1S/C16H16BrClFNO/c1-2-7-20-10-11-3-6-16(13(17)8-11)21-12-4-5-15(19)14(18)9-12/h3-6,8-9,20H,2,7,10H2,1H3. The number of halogens is 3. The van der Waals surface area contributed by atoms with Gasteiger partial charge in [0, 0.05) is 12.6 Å². The summed E-state index contributed by atoms with van der Waals surface area (Å²) in [6.07, 6.45) is 1.10. The Morgan fingerprint density at radius 3 is 2.71 bits per heavy atom. The zero-order valence-corrected chi connectivity index (χ0v) is 14.0. The Bertz CT molecular complexity index is 621. The topological polar surface area (TPSA) is 21.3 Å². The van der Waals surface area contributed by atoms with Crippen LogP contribution in [0.4, 0.5) is 4.39 Å². The van der Waals surface area contributed by atoms with E-state index in [-0.39, 0.29) is 5.02 Å². The van der Waals surface area contributed by atoms with E-state index in [2.05, 4.69) is 28.2 Å². The van der Waals surface area contributed by atoms with E-state index in [0.717, 1.165) is 24.0 Å². The van der Waals surface area contributed by atoms with E-state index in [0.29, 0.717) is 11.5 Å². The lowest BCUT2D eigenvalue weighted by Gasteiger charge is -2.10. The van der Waals surface area contributed by atoms with Gasteiger partial charge in [0.05, 0.1) is 9.50 Å². The van der Waals surface area contributed by atoms with Crippen molar-refractivity contribution in [2.75, 3.05) is 6.54 Å². The van der Waals surface area contributed by atoms with E-state index in [9.17, 15) is 4.39 Å². The molecule has 112 valence electrons. The van der Waals surface area contributed by atoms with Crippen molar-refractivity contribution in [3.05, 3.63) is 57.3 Å². The van der Waals surface area contributed by atoms with Gasteiger partial charge >= 0.3 is 0 Å². The van der Waals surface area contributed by atoms with Gasteiger partial charge in [0.25, 0.3) is 0 Å². The Hall–Kier alpha value is -1.10. The highest BCUT2D eigenvalue weighted by Crippen LogP contribution is 2.32. The Morgan fingerprint density at radius 2 is 2.05 bits per heavy atom. The number of hydrogen-bond donors (Lipinski definition) is 1. The summed E-state index contributed by atoms with van der Waals surface area (Å²) in [5.74, 6) is 0.705. The van der Waals surface area contributed by atoms with Crippen LogP contribution in [0.2, 0.25) is 5.02 Å². The maximum absolute atomic E-state index is 13.1. The fraction of sp³-hybridized carbons (Fsp3) is 0.250. The molecular formula is C16H16BrClFNO. The minimum absolute atomic E-state index is 0.0454. The van der Waals surface area contributed by atoms with Crippen LogP contribution >= 0.6 is 27.5 Å². The molecule has 0 aliphatic rings. The van der Waals surface area contributed by atoms with Crippen LogP contribution in [0.5, 0.6) is 11.5 Å². The minimum atomic E-state index is -0.458. The Kier molecular flexibility index (Phi) is 6.03. The lowest BCUT2D eigenvalue weighted by atomic mass is 10.2. The quantitative estimate of drug-likeness (QED) is 0.673. The molecule has 2 rings (SSSR count). The maximum Gasteiger partial charge on any atom is 0.142 e. The van der Waals surface area contributed by atoms with Gasteiger partial charge in [-0.1, -0.05) is 24.6 Å². The number of hydrogen-bond acceptors (Lipinski definition) is 2. The van der Waals surface area contributed by atoms with Gasteiger partial charge in [-0.3, -0.25) is 0 Å². The summed E-state index contributed by atoms with van der Waals surface area (Å²) in [5, 5.41) is 3.39. The van der Waals surface area contributed by atoms with Crippen molar-refractivity contribution in [1.82, 2.24) is 5.32 Å². The summed E-state index contributed by atoms with van der Waals surface area (Å²) in [6, 6.07) is 10.2. The Labute approximate surface area is 137 Å². The second-order valence-corrected chi connectivity index (χ2v) is 5.88. The first-order valence-electron chi connectivity index (χ1n) is 6.72. The predicted octanol–water partition coefficient (Wildman–Crippen LogP) is 5.53. The molecule has 0 heterocycles. The summed E-state index contributed by atoms with van der Waals surface area (Å²) in [6.45, 7) is 3.94. The van der Waals surface area contributed by atoms with Crippen molar-refractivity contribution >= 4 is 27.5 Å². The molecule has 0 fully saturated rings. The molecule has 0 amide bonds. The van der Waals surface area contributed by atoms with Gasteiger partial charge in [0.15, 0.2) is 0 Å². The number of rotatable bonds is 6. The maximum atomic E-state index is 13.1. The molecule has 0 saturated carbocycles. The van der Waals surface area contributed by atoms with E-state index < -0.39 is 5.82 Å². The zero-order valence-electron chi connectivity index (χ0n) is 11.6. The average molecular weight is 373 g/mol. The molecule has 0 aromatic heterocycles. The number of benzene rings is 2. The van der Waals surface area contributed by atoms with Crippen LogP contribution in [0.15, 0.2) is 40.9 Å². The second kappa shape index (κ2) is 7.78. The molecule has 0 bridgehead atoms. The molecule has 0 spiro atoms. The summed E-state index contributed by atoms with van der Waals surface area (Å²) >= 11 is 9.23. The van der Waals surface area contributed by atoms with E-state index in [1.807, 2.05) is 18.2 Å². The van der Waals surface area contributed by atoms with Crippen LogP contribution in [0, 0.1) is 5.82 Å². The van der Waals surface area contributed by atoms with Crippen LogP contribution in [0.3, 0.4) is 0 Å². The second-order valence-electron chi connectivity index (χ2n) is 4.62. The Balaban J connectivity index is 2.08. The molecule has 0 radical (unpaired) electrons. The molecule has 5 heteroatoms. The van der Waals surface area contributed by atoms with Crippen LogP contribution in [-0.2, 0) is 6.54 Å². The highest BCUT2D eigenvalue weighted by Gasteiger charge is 2.06. The summed E-state index contributed by atoms with van der Waals surface area (Å²) < 4.78 is 19.7. The fourth-order valence-corrected chi connectivity index (χ4v) is 2.49. The van der Waals surface area contributed by atoms with Gasteiger partial charge in [0.1, 0.15) is 17.3 Å². The molecule has 1 N–H and O–H groups in total. The van der Waals surface area contributed by atoms with Crippen molar-refractivity contribution < 1.29 is 9.13 Å². The van der Waals surface area contributed by atoms with Crippen LogP contribution in [-0.4, -0.2) is 6.54 Å². The van der Waals surface area contributed by atoms with Gasteiger partial charge < -0.3 is 10.1 Å². The molecule has 0 atom stereocenters. The van der Waals surface area contributed by atoms with Crippen molar-refractivity contribution in [1.29, 1.82) is 0 Å². The third-order valence-corrected chi connectivity index (χ3v) is 3.78. The van der Waals surface area contributed by atoms with Gasteiger partial charge in [-0.15, -0.1) is 0 Å². The SMILES string of the molecule is CCCNCc1ccc(Oc2ccc(F)c(Cl)c2)c(Br)c1. The van der Waals surface area contributed by atoms with E-state index in [1.165, 1.54) is 17.7 Å². The largest absolute Gasteiger partial charge is 0.456 e. The average Bonchev–Trinajstić information content (AvgIpc) is 2.46. The van der Waals surface area contributed by atoms with Crippen molar-refractivity contribution in [3.63, 3.8) is 0 Å². The molecular weight excluding hydrogens is 357 g/mol. The van der Waals surface area contributed by atoms with Crippen LogP contribution < -0.4 is 10.1 Å². The normalized spacial score (nSPS) is 10.7. The first kappa shape index (κ1) is 16.3. The highest BCUT2D eigenvalue weighted by atomic mass is 79.9. The van der Waals surface area contributed by atoms with E-state index in [1.54, 1.807) is 6.07 Å². The molecule has 2 aromatic carbocycles. The molecule has 0 unspecified atom stereocenters. The van der Waals surface area contributed by atoms with E-state index >= 15 is 0 Å². The smallest absolute Gasteiger partial charge is 0.142 e. The van der Waals surface area contributed by atoms with Crippen LogP contribution in [0.1, 0.15) is 18.9 Å². The van der Waals surface area contributed by atoms with Crippen molar-refractivity contribution in [2.45, 2.75) is 19.9 Å². The third-order valence-electron chi connectivity index (χ3n) is 2.87. The first-order valence-corrected chi connectivity index (χ1v) is 7.89. The molecule has 2 aromatic rings. The predicted molar refractivity (Wildman–Crippen MR) is 87.6 cm³/mol. The third kappa shape index (κ3) is 4.70. The van der Waals surface area contributed by atoms with Crippen LogP contribution in [0.25, 0.3) is 0 Å². The molecule has 0 aliphatic heterocycles. The Morgan fingerprint density at radius 1 is 1.24 bits per heavy atom. The summed E-state index contributed by atoms with van der Waals surface area (Å²) in [4.78, 5) is 0. The van der Waals surface area contributed by atoms with Gasteiger partial charge in [-0.05, 0) is 58.7 Å². The molecule has 2 nitrogen and oxygen atoms in total. The highest BCUT2D eigenvalue weighted by molar-refractivity contribution is 9.10. The molecule has 0 saturated heterocycles. The van der Waals surface area contributed by atoms with Gasteiger partial charge in [0.2, 0.25) is 0 Å². The lowest BCUT2D eigenvalue weighted by Crippen LogP contribution is -2.13. The lowest BCUT2D eigenvalue weighted by molar-refractivity contribution is 0.477. The van der Waals surface area contributed by atoms with Crippen molar-refractivity contribution in [2.24, 2.45) is 0 Å². The van der Waals surface area contributed by atoms with Gasteiger partial charge in [-0.2, -0.15) is 0 Å². The van der Waals surface area contributed by atoms with Gasteiger partial charge in [-0.25, -0.2) is 4.39 Å². The summed E-state index contributed by atoms with van der Waals surface area (Å²) in [5.41, 5.74) is 1.17.